The number of hydrogen-bond acceptors (Lipinski definition) is 5. The number of nitrogens with zero attached hydrogens (tertiary/aromatic N) is 3. The largest absolute Gasteiger partial charge is 0.365 e. The number of H-pyrrole nitrogens is 1. The second kappa shape index (κ2) is 7.08. The van der Waals surface area contributed by atoms with Crippen molar-refractivity contribution in [1.82, 2.24) is 14.8 Å². The Morgan fingerprint density at radius 3 is 2.97 bits per heavy atom. The summed E-state index contributed by atoms with van der Waals surface area (Å²) >= 11 is 6.58. The zero-order valence-corrected chi connectivity index (χ0v) is 16.5. The SMILES string of the molecule is N=Cc1cc(Cl)c(N2CCc3[nH]c(=O)ccc3C2)cc1Nc1cnn(C2CC2)c1. The molecule has 1 fully saturated rings. The van der Waals surface area contributed by atoms with Crippen LogP contribution in [0.4, 0.5) is 17.1 Å². The Bertz CT molecular complexity index is 1150. The van der Waals surface area contributed by atoms with Crippen LogP contribution in [-0.4, -0.2) is 27.5 Å². The summed E-state index contributed by atoms with van der Waals surface area (Å²) in [6.45, 7) is 1.44. The summed E-state index contributed by atoms with van der Waals surface area (Å²) in [5.74, 6) is 0. The van der Waals surface area contributed by atoms with Gasteiger partial charge in [0.25, 0.3) is 0 Å². The topological polar surface area (TPSA) is 89.8 Å². The highest BCUT2D eigenvalue weighted by molar-refractivity contribution is 6.33. The number of nitrogens with one attached hydrogen (secondary N) is 3. The minimum absolute atomic E-state index is 0.0659. The lowest BCUT2D eigenvalue weighted by molar-refractivity contribution is 0.642. The molecular formula is C21H21ClN6O. The van der Waals surface area contributed by atoms with Gasteiger partial charge in [-0.25, -0.2) is 0 Å². The molecule has 5 rings (SSSR count). The van der Waals surface area contributed by atoms with Crippen LogP contribution in [0.3, 0.4) is 0 Å². The molecule has 0 amide bonds. The van der Waals surface area contributed by atoms with Crippen LogP contribution in [0.25, 0.3) is 0 Å². The fourth-order valence-corrected chi connectivity index (χ4v) is 4.09. The van der Waals surface area contributed by atoms with Crippen molar-refractivity contribution in [3.63, 3.8) is 0 Å². The fraction of sp³-hybridized carbons (Fsp3) is 0.286. The Morgan fingerprint density at radius 2 is 2.17 bits per heavy atom. The van der Waals surface area contributed by atoms with Crippen molar-refractivity contribution in [3.8, 4) is 0 Å². The van der Waals surface area contributed by atoms with Gasteiger partial charge in [0.05, 0.1) is 28.6 Å². The predicted octanol–water partition coefficient (Wildman–Crippen LogP) is 3.86. The molecule has 2 aliphatic rings. The van der Waals surface area contributed by atoms with E-state index in [0.29, 0.717) is 17.6 Å². The Labute approximate surface area is 172 Å². The lowest BCUT2D eigenvalue weighted by Gasteiger charge is -2.31. The molecule has 3 aromatic rings. The molecule has 0 bridgehead atoms. The van der Waals surface area contributed by atoms with Crippen molar-refractivity contribution in [2.45, 2.75) is 31.8 Å². The van der Waals surface area contributed by atoms with Crippen LogP contribution in [0.15, 0.2) is 41.5 Å². The summed E-state index contributed by atoms with van der Waals surface area (Å²) in [5, 5.41) is 16.2. The molecule has 0 atom stereocenters. The van der Waals surface area contributed by atoms with Gasteiger partial charge in [-0.2, -0.15) is 5.10 Å². The number of rotatable bonds is 5. The third-order valence-electron chi connectivity index (χ3n) is 5.51. The van der Waals surface area contributed by atoms with Crippen LogP contribution >= 0.6 is 11.6 Å². The van der Waals surface area contributed by atoms with Gasteiger partial charge in [-0.05, 0) is 30.5 Å². The Balaban J connectivity index is 1.45. The van der Waals surface area contributed by atoms with E-state index in [-0.39, 0.29) is 5.56 Å². The number of aromatic amines is 1. The van der Waals surface area contributed by atoms with E-state index in [1.54, 1.807) is 6.07 Å². The Kier molecular flexibility index (Phi) is 4.39. The first kappa shape index (κ1) is 18.0. The van der Waals surface area contributed by atoms with Gasteiger partial charge in [-0.3, -0.25) is 9.48 Å². The molecule has 3 heterocycles. The molecule has 1 saturated carbocycles. The van der Waals surface area contributed by atoms with E-state index in [0.717, 1.165) is 46.8 Å². The monoisotopic (exact) mass is 408 g/mol. The average molecular weight is 409 g/mol. The van der Waals surface area contributed by atoms with Gasteiger partial charge < -0.3 is 20.6 Å². The minimum Gasteiger partial charge on any atom is -0.365 e. The zero-order chi connectivity index (χ0) is 20.0. The molecule has 148 valence electrons. The van der Waals surface area contributed by atoms with E-state index in [1.807, 2.05) is 35.3 Å². The summed E-state index contributed by atoms with van der Waals surface area (Å²) in [5.41, 5.74) is 5.38. The van der Waals surface area contributed by atoms with Gasteiger partial charge >= 0.3 is 0 Å². The predicted molar refractivity (Wildman–Crippen MR) is 115 cm³/mol. The molecule has 1 aromatic carbocycles. The van der Waals surface area contributed by atoms with Crippen LogP contribution < -0.4 is 15.8 Å². The van der Waals surface area contributed by atoms with Crippen LogP contribution in [0, 0.1) is 5.41 Å². The minimum atomic E-state index is -0.0659. The number of halogens is 1. The first-order chi connectivity index (χ1) is 14.1. The van der Waals surface area contributed by atoms with Gasteiger partial charge in [0.2, 0.25) is 5.56 Å². The summed E-state index contributed by atoms with van der Waals surface area (Å²) in [6.07, 6.45) is 8.24. The lowest BCUT2D eigenvalue weighted by atomic mass is 10.0. The van der Waals surface area contributed by atoms with Crippen molar-refractivity contribution < 1.29 is 0 Å². The average Bonchev–Trinajstić information content (AvgIpc) is 3.47. The van der Waals surface area contributed by atoms with E-state index < -0.39 is 0 Å². The molecule has 0 radical (unpaired) electrons. The first-order valence-electron chi connectivity index (χ1n) is 9.72. The van der Waals surface area contributed by atoms with Gasteiger partial charge in [0.1, 0.15) is 0 Å². The molecule has 0 unspecified atom stereocenters. The maximum atomic E-state index is 11.6. The quantitative estimate of drug-likeness (QED) is 0.559. The standard InChI is InChI=1S/C21H21ClN6O/c22-17-7-14(9-23)19(25-15-10-24-28(12-15)16-2-3-16)8-20(17)27-6-5-18-13(11-27)1-4-21(29)26-18/h1,4,7-10,12,16,23,25H,2-3,5-6,11H2,(H,26,29). The smallest absolute Gasteiger partial charge is 0.248 e. The fourth-order valence-electron chi connectivity index (χ4n) is 3.80. The Hall–Kier alpha value is -3.06. The number of anilines is 3. The molecule has 0 spiro atoms. The first-order valence-corrected chi connectivity index (χ1v) is 10.1. The number of aromatic nitrogens is 3. The van der Waals surface area contributed by atoms with E-state index in [4.69, 9.17) is 17.0 Å². The van der Waals surface area contributed by atoms with Crippen molar-refractivity contribution in [3.05, 3.63) is 68.9 Å². The summed E-state index contributed by atoms with van der Waals surface area (Å²) in [6, 6.07) is 7.78. The molecular weight excluding hydrogens is 388 g/mol. The highest BCUT2D eigenvalue weighted by Gasteiger charge is 2.24. The summed E-state index contributed by atoms with van der Waals surface area (Å²) < 4.78 is 1.99. The third kappa shape index (κ3) is 3.53. The van der Waals surface area contributed by atoms with E-state index >= 15 is 0 Å². The lowest BCUT2D eigenvalue weighted by Crippen LogP contribution is -2.32. The maximum absolute atomic E-state index is 11.6. The number of hydrogen-bond donors (Lipinski definition) is 3. The number of benzene rings is 1. The van der Waals surface area contributed by atoms with Crippen molar-refractivity contribution in [2.75, 3.05) is 16.8 Å². The second-order valence-corrected chi connectivity index (χ2v) is 8.01. The van der Waals surface area contributed by atoms with Crippen LogP contribution in [0.5, 0.6) is 0 Å². The van der Waals surface area contributed by atoms with E-state index in [1.165, 1.54) is 19.1 Å². The Morgan fingerprint density at radius 1 is 1.31 bits per heavy atom. The molecule has 8 heteroatoms. The number of pyridine rings is 1. The molecule has 1 aliphatic heterocycles. The van der Waals surface area contributed by atoms with Crippen LogP contribution in [-0.2, 0) is 13.0 Å². The van der Waals surface area contributed by atoms with Crippen LogP contribution in [0.2, 0.25) is 5.02 Å². The van der Waals surface area contributed by atoms with Gasteiger partial charge in [0, 0.05) is 54.9 Å². The van der Waals surface area contributed by atoms with E-state index in [2.05, 4.69) is 20.3 Å². The van der Waals surface area contributed by atoms with Crippen molar-refractivity contribution >= 4 is 34.9 Å². The highest BCUT2D eigenvalue weighted by atomic mass is 35.5. The van der Waals surface area contributed by atoms with Crippen LogP contribution in [0.1, 0.15) is 35.7 Å². The summed E-state index contributed by atoms with van der Waals surface area (Å²) in [7, 11) is 0. The normalized spacial score (nSPS) is 15.8. The molecule has 29 heavy (non-hydrogen) atoms. The third-order valence-corrected chi connectivity index (χ3v) is 5.81. The number of fused-ring (bicyclic) bond motifs is 1. The van der Waals surface area contributed by atoms with Crippen molar-refractivity contribution in [1.29, 1.82) is 5.41 Å². The van der Waals surface area contributed by atoms with Crippen molar-refractivity contribution in [2.24, 2.45) is 0 Å². The second-order valence-electron chi connectivity index (χ2n) is 7.60. The molecule has 2 aromatic heterocycles. The van der Waals surface area contributed by atoms with Gasteiger partial charge in [-0.1, -0.05) is 17.7 Å². The van der Waals surface area contributed by atoms with Gasteiger partial charge in [-0.15, -0.1) is 0 Å². The zero-order valence-electron chi connectivity index (χ0n) is 15.8. The highest BCUT2D eigenvalue weighted by Crippen LogP contribution is 2.37. The molecule has 7 nitrogen and oxygen atoms in total. The summed E-state index contributed by atoms with van der Waals surface area (Å²) in [4.78, 5) is 16.7. The molecule has 0 saturated heterocycles. The molecule has 3 N–H and O–H groups in total. The van der Waals surface area contributed by atoms with Gasteiger partial charge in [0.15, 0.2) is 0 Å². The van der Waals surface area contributed by atoms with E-state index in [9.17, 15) is 4.79 Å². The molecule has 1 aliphatic carbocycles. The maximum Gasteiger partial charge on any atom is 0.248 e.